The van der Waals surface area contributed by atoms with Gasteiger partial charge in [-0.2, -0.15) is 0 Å². The monoisotopic (exact) mass is 321 g/mol. The van der Waals surface area contributed by atoms with Gasteiger partial charge in [0.2, 0.25) is 0 Å². The van der Waals surface area contributed by atoms with Gasteiger partial charge in [0.15, 0.2) is 10.9 Å². The van der Waals surface area contributed by atoms with Gasteiger partial charge in [-0.15, -0.1) is 0 Å². The Morgan fingerprint density at radius 1 is 0.520 bits per heavy atom. The highest BCUT2D eigenvalue weighted by atomic mass is 16.3. The molecule has 0 aromatic heterocycles. The van der Waals surface area contributed by atoms with Crippen LogP contribution in [0, 0.1) is 0 Å². The van der Waals surface area contributed by atoms with Gasteiger partial charge in [0, 0.05) is 43.4 Å². The van der Waals surface area contributed by atoms with Crippen LogP contribution in [-0.4, -0.2) is 0 Å². The summed E-state index contributed by atoms with van der Waals surface area (Å²) in [5, 5.41) is 17.6. The molecule has 0 fully saturated rings. The third-order valence-electron chi connectivity index (χ3n) is 5.41. The highest BCUT2D eigenvalue weighted by Gasteiger charge is 2.25. The fourth-order valence-corrected chi connectivity index (χ4v) is 4.41. The van der Waals surface area contributed by atoms with Crippen LogP contribution in [0.15, 0.2) is 64.2 Å². The van der Waals surface area contributed by atoms with Crippen LogP contribution in [0.2, 0.25) is 0 Å². The van der Waals surface area contributed by atoms with Crippen molar-refractivity contribution in [3.63, 3.8) is 0 Å². The van der Waals surface area contributed by atoms with Crippen LogP contribution >= 0.6 is 0 Å². The summed E-state index contributed by atoms with van der Waals surface area (Å²) in [6, 6.07) is 15.8. The van der Waals surface area contributed by atoms with E-state index < -0.39 is 0 Å². The van der Waals surface area contributed by atoms with E-state index in [1.54, 1.807) is 54.6 Å². The van der Waals surface area contributed by atoms with Crippen molar-refractivity contribution in [1.29, 1.82) is 0 Å². The summed E-state index contributed by atoms with van der Waals surface area (Å²) < 4.78 is 0. The van der Waals surface area contributed by atoms with E-state index in [0.29, 0.717) is 48.7 Å². The Labute approximate surface area is 140 Å². The van der Waals surface area contributed by atoms with E-state index in [-0.39, 0.29) is 16.6 Å². The number of hydrogen-bond donors (Lipinski definition) is 0. The molecule has 0 spiro atoms. The van der Waals surface area contributed by atoms with Gasteiger partial charge >= 0.3 is 0 Å². The van der Waals surface area contributed by atoms with Crippen LogP contribution in [0.5, 0.6) is 5.75 Å². The van der Waals surface area contributed by atoms with Crippen molar-refractivity contribution in [2.45, 2.75) is 0 Å². The Bertz CT molecular complexity index is 1420. The summed E-state index contributed by atoms with van der Waals surface area (Å²) in [6.45, 7) is 0. The fourth-order valence-electron chi connectivity index (χ4n) is 4.41. The average Bonchev–Trinajstić information content (AvgIpc) is 2.65. The van der Waals surface area contributed by atoms with Crippen LogP contribution < -0.4 is 16.0 Å². The Morgan fingerprint density at radius 2 is 0.920 bits per heavy atom. The van der Waals surface area contributed by atoms with Crippen LogP contribution in [0.1, 0.15) is 0 Å². The van der Waals surface area contributed by atoms with E-state index in [4.69, 9.17) is 0 Å². The molecule has 0 unspecified atom stereocenters. The Hall–Kier alpha value is -3.46. The fraction of sp³-hybridized carbons (Fsp3) is 0. The van der Waals surface area contributed by atoms with Crippen LogP contribution in [0.25, 0.3) is 54.2 Å². The lowest BCUT2D eigenvalue weighted by Gasteiger charge is -2.25. The first-order chi connectivity index (χ1) is 12.2. The van der Waals surface area contributed by atoms with E-state index in [0.717, 1.165) is 5.56 Å². The third kappa shape index (κ3) is 1.27. The van der Waals surface area contributed by atoms with Gasteiger partial charge in [0.25, 0.3) is 0 Å². The van der Waals surface area contributed by atoms with E-state index in [1.807, 2.05) is 0 Å². The maximum atomic E-state index is 13.0. The molecule has 4 aromatic rings. The van der Waals surface area contributed by atoms with E-state index >= 15 is 0 Å². The minimum atomic E-state index is -0.124. The van der Waals surface area contributed by atoms with Gasteiger partial charge in [-0.05, 0) is 10.8 Å². The molecular formula is C22H9O3-. The van der Waals surface area contributed by atoms with Crippen molar-refractivity contribution < 1.29 is 5.11 Å². The Balaban J connectivity index is 2.23. The first-order valence-electron chi connectivity index (χ1n) is 8.09. The quantitative estimate of drug-likeness (QED) is 0.318. The Kier molecular flexibility index (Phi) is 2.04. The van der Waals surface area contributed by atoms with Crippen molar-refractivity contribution in [1.82, 2.24) is 0 Å². The molecule has 2 aliphatic rings. The maximum absolute atomic E-state index is 13.0. The molecule has 0 heterocycles. The summed E-state index contributed by atoms with van der Waals surface area (Å²) in [6.07, 6.45) is 0. The molecule has 4 aromatic carbocycles. The number of benzene rings is 6. The molecule has 0 saturated heterocycles. The molecule has 2 aliphatic carbocycles. The van der Waals surface area contributed by atoms with Gasteiger partial charge in [-0.1, -0.05) is 60.3 Å². The molecule has 3 heteroatoms. The molecule has 0 bridgehead atoms. The molecule has 3 nitrogen and oxygen atoms in total. The normalized spacial score (nSPS) is 12.5. The van der Waals surface area contributed by atoms with Gasteiger partial charge < -0.3 is 5.11 Å². The summed E-state index contributed by atoms with van der Waals surface area (Å²) in [5.41, 5.74) is 1.30. The molecule has 0 amide bonds. The summed E-state index contributed by atoms with van der Waals surface area (Å²) in [4.78, 5) is 26.0. The smallest absolute Gasteiger partial charge is 0.194 e. The van der Waals surface area contributed by atoms with Gasteiger partial charge in [0.1, 0.15) is 0 Å². The predicted molar refractivity (Wildman–Crippen MR) is 98.6 cm³/mol. The van der Waals surface area contributed by atoms with Crippen molar-refractivity contribution in [3.05, 3.63) is 75.0 Å². The molecule has 0 N–H and O–H groups in total. The van der Waals surface area contributed by atoms with E-state index in [9.17, 15) is 14.7 Å². The molecule has 25 heavy (non-hydrogen) atoms. The summed E-state index contributed by atoms with van der Waals surface area (Å²) in [7, 11) is 0. The first-order valence-corrected chi connectivity index (χ1v) is 8.09. The zero-order chi connectivity index (χ0) is 16.9. The summed E-state index contributed by atoms with van der Waals surface area (Å²) in [5.74, 6) is -0.124. The average molecular weight is 321 g/mol. The van der Waals surface area contributed by atoms with E-state index in [2.05, 4.69) is 0 Å². The second-order valence-electron chi connectivity index (χ2n) is 6.55. The van der Waals surface area contributed by atoms with Gasteiger partial charge in [0.05, 0.1) is 0 Å². The van der Waals surface area contributed by atoms with Crippen molar-refractivity contribution in [3.8, 4) is 16.9 Å². The molecule has 0 saturated carbocycles. The minimum Gasteiger partial charge on any atom is -0.872 e. The topological polar surface area (TPSA) is 57.2 Å². The highest BCUT2D eigenvalue weighted by molar-refractivity contribution is 6.31. The first kappa shape index (κ1) is 12.9. The lowest BCUT2D eigenvalue weighted by atomic mass is 9.81. The van der Waals surface area contributed by atoms with Crippen molar-refractivity contribution in [2.75, 3.05) is 0 Å². The van der Waals surface area contributed by atoms with Crippen molar-refractivity contribution in [2.24, 2.45) is 0 Å². The predicted octanol–water partition coefficient (Wildman–Crippen LogP) is 3.51. The molecule has 0 atom stereocenters. The SMILES string of the molecule is O=c1c2cccc3c2-c2c4c(cccc14)c([O-])c1cccc(c3=O)c21. The van der Waals surface area contributed by atoms with Crippen LogP contribution in [0.3, 0.4) is 0 Å². The number of hydrogen-bond acceptors (Lipinski definition) is 3. The molecule has 6 rings (SSSR count). The molecule has 0 aliphatic heterocycles. The second-order valence-corrected chi connectivity index (χ2v) is 6.55. The number of rotatable bonds is 0. The van der Waals surface area contributed by atoms with Crippen LogP contribution in [-0.2, 0) is 0 Å². The molecule has 116 valence electrons. The zero-order valence-corrected chi connectivity index (χ0v) is 12.9. The Morgan fingerprint density at radius 3 is 1.40 bits per heavy atom. The van der Waals surface area contributed by atoms with Crippen LogP contribution in [0.4, 0.5) is 0 Å². The standard InChI is InChI=1S/C22H10O3/c23-20-10-4-1-5-11-16(10)19-17-12(20)6-2-8-14(17)22(25)15-9-3-7-13(18(15)19)21(11)24/h1-9,23H/p-1. The van der Waals surface area contributed by atoms with Gasteiger partial charge in [-0.3, -0.25) is 9.59 Å². The largest absolute Gasteiger partial charge is 0.872 e. The summed E-state index contributed by atoms with van der Waals surface area (Å²) >= 11 is 0. The lowest BCUT2D eigenvalue weighted by Crippen LogP contribution is -2.13. The lowest BCUT2D eigenvalue weighted by molar-refractivity contribution is -0.263. The molecule has 0 radical (unpaired) electrons. The zero-order valence-electron chi connectivity index (χ0n) is 12.9. The molecular weight excluding hydrogens is 312 g/mol. The highest BCUT2D eigenvalue weighted by Crippen LogP contribution is 2.48. The van der Waals surface area contributed by atoms with Gasteiger partial charge in [-0.25, -0.2) is 0 Å². The maximum Gasteiger partial charge on any atom is 0.194 e. The second kappa shape index (κ2) is 3.95. The van der Waals surface area contributed by atoms with E-state index in [1.165, 1.54) is 0 Å². The van der Waals surface area contributed by atoms with Crippen molar-refractivity contribution >= 4 is 43.1 Å². The minimum absolute atomic E-state index is 0.124. The third-order valence-corrected chi connectivity index (χ3v) is 5.41.